The van der Waals surface area contributed by atoms with Gasteiger partial charge >= 0.3 is 0 Å². The van der Waals surface area contributed by atoms with Crippen LogP contribution in [0.4, 0.5) is 0 Å². The quantitative estimate of drug-likeness (QED) is 0.217. The maximum Gasteiger partial charge on any atom is 0.164 e. The fraction of sp³-hybridized carbons (Fsp3) is 0.667. The van der Waals surface area contributed by atoms with E-state index in [1.807, 2.05) is 0 Å². The van der Waals surface area contributed by atoms with Gasteiger partial charge in [0.2, 0.25) is 0 Å². The first-order valence-electron chi connectivity index (χ1n) is 13.8. The Hall–Kier alpha value is -2.11. The first-order chi connectivity index (χ1) is 17.4. The molecule has 0 amide bonds. The van der Waals surface area contributed by atoms with E-state index in [2.05, 4.69) is 67.2 Å². The molecule has 6 nitrogen and oxygen atoms in total. The molecule has 1 N–H and O–H groups in total. The maximum atomic E-state index is 10.6. The highest BCUT2D eigenvalue weighted by molar-refractivity contribution is 5.38. The predicted molar refractivity (Wildman–Crippen MR) is 139 cm³/mol. The third-order valence-corrected chi connectivity index (χ3v) is 10.9. The van der Waals surface area contributed by atoms with E-state index in [4.69, 9.17) is 15.0 Å². The Morgan fingerprint density at radius 3 is 2.78 bits per heavy atom. The third-order valence-electron chi connectivity index (χ3n) is 10.9. The summed E-state index contributed by atoms with van der Waals surface area (Å²) in [5.41, 5.74) is 14.5. The van der Waals surface area contributed by atoms with Gasteiger partial charge in [0, 0.05) is 10.8 Å². The number of nitrogens with zero attached hydrogens (tertiary/aromatic N) is 3. The minimum absolute atomic E-state index is 0.0269. The molecule has 0 aromatic heterocycles. The van der Waals surface area contributed by atoms with Crippen molar-refractivity contribution in [1.82, 2.24) is 0 Å². The molecule has 4 aliphatic carbocycles. The van der Waals surface area contributed by atoms with E-state index < -0.39 is 17.9 Å². The molecule has 1 aromatic rings. The zero-order valence-electron chi connectivity index (χ0n) is 21.8. The molecule has 1 aliphatic heterocycles. The average Bonchev–Trinajstić information content (AvgIpc) is 3.38. The van der Waals surface area contributed by atoms with E-state index in [1.54, 1.807) is 11.1 Å². The Morgan fingerprint density at radius 1 is 1.19 bits per heavy atom. The van der Waals surface area contributed by atoms with Crippen molar-refractivity contribution in [2.45, 2.75) is 96.4 Å². The summed E-state index contributed by atoms with van der Waals surface area (Å²) in [5, 5.41) is 14.5. The molecule has 3 fully saturated rings. The Balaban J connectivity index is 1.21. The fourth-order valence-corrected chi connectivity index (χ4v) is 8.75. The standard InChI is InChI=1S/C30H39N3O3/c1-18-25-16-26-24(23(25)12-14-30(18)19(2)27(32-33-31)28(34)36-30)10-9-21-15-22(11-13-29(21,26)3)35-17-20-7-5-4-6-8-20/h4-9,19,22-24,26-28,34H,10-17H2,1-3H3/t19-,22+,23+,24+,26+,27+,28?,29+,30+/m1/s1. The fourth-order valence-electron chi connectivity index (χ4n) is 8.75. The van der Waals surface area contributed by atoms with Crippen LogP contribution in [-0.2, 0) is 16.1 Å². The van der Waals surface area contributed by atoms with Gasteiger partial charge in [0.25, 0.3) is 0 Å². The minimum atomic E-state index is -1.02. The van der Waals surface area contributed by atoms with Gasteiger partial charge in [0.1, 0.15) is 0 Å². The summed E-state index contributed by atoms with van der Waals surface area (Å²) >= 11 is 0. The number of allylic oxidation sites excluding steroid dienone is 2. The predicted octanol–water partition coefficient (Wildman–Crippen LogP) is 6.86. The van der Waals surface area contributed by atoms with Crippen molar-refractivity contribution >= 4 is 0 Å². The van der Waals surface area contributed by atoms with Crippen LogP contribution in [0.25, 0.3) is 10.4 Å². The third kappa shape index (κ3) is 3.60. The Bertz CT molecular complexity index is 1130. The summed E-state index contributed by atoms with van der Waals surface area (Å²) in [6.45, 7) is 7.52. The molecule has 1 spiro atoms. The first-order valence-corrected chi connectivity index (χ1v) is 13.8. The first kappa shape index (κ1) is 24.2. The van der Waals surface area contributed by atoms with Crippen LogP contribution < -0.4 is 0 Å². The normalized spacial score (nSPS) is 43.4. The van der Waals surface area contributed by atoms with Crippen LogP contribution in [0.3, 0.4) is 0 Å². The highest BCUT2D eigenvalue weighted by atomic mass is 16.6. The lowest BCUT2D eigenvalue weighted by molar-refractivity contribution is -0.136. The summed E-state index contributed by atoms with van der Waals surface area (Å²) in [6, 6.07) is 9.97. The number of aliphatic hydroxyl groups excluding tert-OH is 1. The van der Waals surface area contributed by atoms with Crippen molar-refractivity contribution in [3.05, 3.63) is 69.1 Å². The second-order valence-corrected chi connectivity index (χ2v) is 12.2. The summed E-state index contributed by atoms with van der Waals surface area (Å²) in [5.74, 6) is 1.93. The second kappa shape index (κ2) is 9.02. The molecule has 1 unspecified atom stereocenters. The molecule has 5 aliphatic rings. The van der Waals surface area contributed by atoms with E-state index in [0.717, 1.165) is 38.5 Å². The SMILES string of the molecule is CC1=C2C[C@H]3[C@@H](CC=C4C[C@@H](OCc5ccccc5)CC[C@@]43C)[C@@H]2CC[C@]12OC(O)[C@@H](N=[N+]=[N-])[C@H]2C. The van der Waals surface area contributed by atoms with Gasteiger partial charge in [-0.05, 0) is 91.7 Å². The van der Waals surface area contributed by atoms with E-state index >= 15 is 0 Å². The van der Waals surface area contributed by atoms with Gasteiger partial charge in [0.05, 0.1) is 24.4 Å². The topological polar surface area (TPSA) is 87.5 Å². The summed E-state index contributed by atoms with van der Waals surface area (Å²) in [6.07, 6.45) is 9.50. The molecule has 9 atom stereocenters. The molecule has 1 aromatic carbocycles. The van der Waals surface area contributed by atoms with Crippen LogP contribution in [-0.4, -0.2) is 29.1 Å². The van der Waals surface area contributed by atoms with Crippen molar-refractivity contribution in [1.29, 1.82) is 0 Å². The zero-order chi connectivity index (χ0) is 25.1. The lowest BCUT2D eigenvalue weighted by atomic mass is 9.56. The van der Waals surface area contributed by atoms with Gasteiger partial charge in [-0.25, -0.2) is 0 Å². The Morgan fingerprint density at radius 2 is 2.00 bits per heavy atom. The van der Waals surface area contributed by atoms with Crippen LogP contribution in [0, 0.1) is 29.1 Å². The average molecular weight is 490 g/mol. The molecule has 6 heteroatoms. The monoisotopic (exact) mass is 489 g/mol. The number of aliphatic hydroxyl groups is 1. The van der Waals surface area contributed by atoms with Crippen LogP contribution in [0.15, 0.2) is 58.2 Å². The van der Waals surface area contributed by atoms with E-state index in [-0.39, 0.29) is 11.3 Å². The van der Waals surface area contributed by atoms with Crippen molar-refractivity contribution in [3.63, 3.8) is 0 Å². The molecule has 36 heavy (non-hydrogen) atoms. The molecule has 1 heterocycles. The second-order valence-electron chi connectivity index (χ2n) is 12.2. The van der Waals surface area contributed by atoms with Crippen molar-refractivity contribution in [2.75, 3.05) is 0 Å². The highest BCUT2D eigenvalue weighted by Crippen LogP contribution is 2.65. The van der Waals surface area contributed by atoms with Gasteiger partial charge in [-0.2, -0.15) is 0 Å². The van der Waals surface area contributed by atoms with E-state index in [1.165, 1.54) is 17.6 Å². The van der Waals surface area contributed by atoms with E-state index in [9.17, 15) is 5.11 Å². The van der Waals surface area contributed by atoms with E-state index in [0.29, 0.717) is 30.5 Å². The van der Waals surface area contributed by atoms with Gasteiger partial charge in [-0.15, -0.1) is 0 Å². The largest absolute Gasteiger partial charge is 0.373 e. The lowest BCUT2D eigenvalue weighted by Gasteiger charge is -2.49. The number of hydrogen-bond donors (Lipinski definition) is 1. The van der Waals surface area contributed by atoms with Gasteiger partial charge < -0.3 is 14.6 Å². The molecule has 2 saturated carbocycles. The molecular formula is C30H39N3O3. The van der Waals surface area contributed by atoms with Gasteiger partial charge in [0.15, 0.2) is 6.29 Å². The molecule has 192 valence electrons. The van der Waals surface area contributed by atoms with Crippen LogP contribution in [0.5, 0.6) is 0 Å². The van der Waals surface area contributed by atoms with Crippen molar-refractivity contribution in [2.24, 2.45) is 34.2 Å². The molecule has 0 bridgehead atoms. The number of benzene rings is 1. The zero-order valence-corrected chi connectivity index (χ0v) is 21.8. The number of rotatable bonds is 4. The van der Waals surface area contributed by atoms with Gasteiger partial charge in [-0.1, -0.05) is 66.5 Å². The molecule has 0 radical (unpaired) electrons. The molecule has 1 saturated heterocycles. The maximum absolute atomic E-state index is 10.6. The number of ether oxygens (including phenoxy) is 2. The number of azide groups is 1. The smallest absolute Gasteiger partial charge is 0.164 e. The summed E-state index contributed by atoms with van der Waals surface area (Å²) in [4.78, 5) is 2.99. The van der Waals surface area contributed by atoms with Crippen LogP contribution >= 0.6 is 0 Å². The highest BCUT2D eigenvalue weighted by Gasteiger charge is 2.60. The lowest BCUT2D eigenvalue weighted by Crippen LogP contribution is -2.43. The Kier molecular flexibility index (Phi) is 6.07. The van der Waals surface area contributed by atoms with Gasteiger partial charge in [-0.3, -0.25) is 0 Å². The molecule has 6 rings (SSSR count). The Labute approximate surface area is 214 Å². The van der Waals surface area contributed by atoms with Crippen molar-refractivity contribution in [3.8, 4) is 0 Å². The molecular weight excluding hydrogens is 450 g/mol. The van der Waals surface area contributed by atoms with Crippen molar-refractivity contribution < 1.29 is 14.6 Å². The number of hydrogen-bond acceptors (Lipinski definition) is 4. The number of fused-ring (bicyclic) bond motifs is 5. The summed E-state index contributed by atoms with van der Waals surface area (Å²) < 4.78 is 12.6. The van der Waals surface area contributed by atoms with Crippen LogP contribution in [0.2, 0.25) is 0 Å². The summed E-state index contributed by atoms with van der Waals surface area (Å²) in [7, 11) is 0. The van der Waals surface area contributed by atoms with Crippen LogP contribution in [0.1, 0.15) is 71.3 Å². The minimum Gasteiger partial charge on any atom is -0.373 e.